The third kappa shape index (κ3) is 39.9. The van der Waals surface area contributed by atoms with Crippen LogP contribution in [0.25, 0.3) is 0 Å². The molecule has 53 heavy (non-hydrogen) atoms. The largest absolute Gasteiger partial charge is 0.462 e. The lowest BCUT2D eigenvalue weighted by molar-refractivity contribution is -0.167. The van der Waals surface area contributed by atoms with E-state index in [0.29, 0.717) is 19.3 Å². The summed E-state index contributed by atoms with van der Waals surface area (Å²) in [5.41, 5.74) is 0. The van der Waals surface area contributed by atoms with Crippen LogP contribution in [0, 0.1) is 11.8 Å². The van der Waals surface area contributed by atoms with Gasteiger partial charge >= 0.3 is 17.9 Å². The van der Waals surface area contributed by atoms with Crippen LogP contribution in [0.15, 0.2) is 0 Å². The molecular weight excluding hydrogens is 661 g/mol. The number of carbonyl (C=O) groups is 3. The molecule has 0 aliphatic rings. The van der Waals surface area contributed by atoms with E-state index in [1.807, 2.05) is 0 Å². The van der Waals surface area contributed by atoms with Gasteiger partial charge in [-0.25, -0.2) is 0 Å². The van der Waals surface area contributed by atoms with E-state index in [1.165, 1.54) is 141 Å². The van der Waals surface area contributed by atoms with Crippen molar-refractivity contribution >= 4 is 17.9 Å². The monoisotopic (exact) mass is 751 g/mol. The van der Waals surface area contributed by atoms with E-state index >= 15 is 0 Å². The zero-order valence-electron chi connectivity index (χ0n) is 36.1. The smallest absolute Gasteiger partial charge is 0.306 e. The van der Waals surface area contributed by atoms with Gasteiger partial charge in [0, 0.05) is 19.3 Å². The van der Waals surface area contributed by atoms with Crippen LogP contribution in [-0.4, -0.2) is 37.2 Å². The van der Waals surface area contributed by atoms with Crippen LogP contribution in [0.3, 0.4) is 0 Å². The number of rotatable bonds is 41. The predicted octanol–water partition coefficient (Wildman–Crippen LogP) is 14.6. The van der Waals surface area contributed by atoms with Gasteiger partial charge in [-0.15, -0.1) is 0 Å². The Bertz CT molecular complexity index is 811. The average Bonchev–Trinajstić information content (AvgIpc) is 3.14. The summed E-state index contributed by atoms with van der Waals surface area (Å²) in [6.45, 7) is 11.3. The average molecular weight is 751 g/mol. The Morgan fingerprint density at radius 1 is 0.396 bits per heavy atom. The van der Waals surface area contributed by atoms with E-state index in [4.69, 9.17) is 14.2 Å². The quantitative estimate of drug-likeness (QED) is 0.0352. The second-order valence-electron chi connectivity index (χ2n) is 16.8. The fraction of sp³-hybridized carbons (Fsp3) is 0.936. The van der Waals surface area contributed by atoms with Gasteiger partial charge in [0.1, 0.15) is 13.2 Å². The van der Waals surface area contributed by atoms with E-state index < -0.39 is 6.10 Å². The summed E-state index contributed by atoms with van der Waals surface area (Å²) in [7, 11) is 0. The SMILES string of the molecule is CCCCCCCCCC(=O)O[C@H](COC(=O)CCCCCCCCCCCCCCCCCC(C)C)COC(=O)CCCCCCCCC(C)CC. The standard InChI is InChI=1S/C47H90O6/c1-6-8-9-10-20-29-34-39-47(50)53-44(41-52-46(49)38-33-28-24-23-26-31-36-43(5)7-2)40-51-45(48)37-32-27-22-19-17-15-13-11-12-14-16-18-21-25-30-35-42(3)4/h42-44H,6-41H2,1-5H3/t43?,44-/m1/s1. The Morgan fingerprint density at radius 2 is 0.717 bits per heavy atom. The fourth-order valence-electron chi connectivity index (χ4n) is 6.90. The topological polar surface area (TPSA) is 78.9 Å². The van der Waals surface area contributed by atoms with Gasteiger partial charge < -0.3 is 14.2 Å². The first-order chi connectivity index (χ1) is 25.8. The third-order valence-corrected chi connectivity index (χ3v) is 10.8. The fourth-order valence-corrected chi connectivity index (χ4v) is 6.90. The number of hydrogen-bond acceptors (Lipinski definition) is 6. The second kappa shape index (κ2) is 40.1. The van der Waals surface area contributed by atoms with Gasteiger partial charge in [-0.3, -0.25) is 14.4 Å². The molecule has 6 nitrogen and oxygen atoms in total. The third-order valence-electron chi connectivity index (χ3n) is 10.8. The van der Waals surface area contributed by atoms with Crippen LogP contribution in [0.1, 0.15) is 253 Å². The second-order valence-corrected chi connectivity index (χ2v) is 16.8. The lowest BCUT2D eigenvalue weighted by Crippen LogP contribution is -2.30. The highest BCUT2D eigenvalue weighted by Gasteiger charge is 2.19. The van der Waals surface area contributed by atoms with Crippen LogP contribution in [0.4, 0.5) is 0 Å². The molecule has 2 atom stereocenters. The molecule has 0 amide bonds. The highest BCUT2D eigenvalue weighted by Crippen LogP contribution is 2.17. The molecule has 314 valence electrons. The zero-order valence-corrected chi connectivity index (χ0v) is 36.1. The maximum absolute atomic E-state index is 12.6. The predicted molar refractivity (Wildman–Crippen MR) is 224 cm³/mol. The molecule has 0 rings (SSSR count). The van der Waals surface area contributed by atoms with Crippen LogP contribution in [-0.2, 0) is 28.6 Å². The molecular formula is C47H90O6. The lowest BCUT2D eigenvalue weighted by Gasteiger charge is -2.18. The Hall–Kier alpha value is -1.59. The minimum absolute atomic E-state index is 0.0657. The maximum atomic E-state index is 12.6. The summed E-state index contributed by atoms with van der Waals surface area (Å²) in [6.07, 6.45) is 38.2. The van der Waals surface area contributed by atoms with Crippen LogP contribution >= 0.6 is 0 Å². The summed E-state index contributed by atoms with van der Waals surface area (Å²) in [4.78, 5) is 37.6. The molecule has 0 aliphatic heterocycles. The maximum Gasteiger partial charge on any atom is 0.306 e. The molecule has 0 N–H and O–H groups in total. The van der Waals surface area contributed by atoms with E-state index in [9.17, 15) is 14.4 Å². The van der Waals surface area contributed by atoms with Gasteiger partial charge in [0.25, 0.3) is 0 Å². The van der Waals surface area contributed by atoms with Gasteiger partial charge in [-0.2, -0.15) is 0 Å². The van der Waals surface area contributed by atoms with Gasteiger partial charge in [0.2, 0.25) is 0 Å². The number of unbranched alkanes of at least 4 members (excludes halogenated alkanes) is 25. The molecule has 0 aromatic carbocycles. The first kappa shape index (κ1) is 51.4. The summed E-state index contributed by atoms with van der Waals surface area (Å²) in [5, 5.41) is 0. The van der Waals surface area contributed by atoms with E-state index in [2.05, 4.69) is 34.6 Å². The number of esters is 3. The Balaban J connectivity index is 4.17. The molecule has 0 spiro atoms. The van der Waals surface area contributed by atoms with E-state index in [-0.39, 0.29) is 31.1 Å². The molecule has 0 bridgehead atoms. The number of ether oxygens (including phenoxy) is 3. The molecule has 0 heterocycles. The van der Waals surface area contributed by atoms with Gasteiger partial charge in [0.05, 0.1) is 0 Å². The molecule has 0 fully saturated rings. The van der Waals surface area contributed by atoms with Crippen molar-refractivity contribution in [1.82, 2.24) is 0 Å². The van der Waals surface area contributed by atoms with Gasteiger partial charge in [0.15, 0.2) is 6.10 Å². The van der Waals surface area contributed by atoms with Crippen molar-refractivity contribution in [3.63, 3.8) is 0 Å². The van der Waals surface area contributed by atoms with Crippen molar-refractivity contribution in [2.75, 3.05) is 13.2 Å². The van der Waals surface area contributed by atoms with Gasteiger partial charge in [-0.1, -0.05) is 214 Å². The zero-order chi connectivity index (χ0) is 39.0. The minimum atomic E-state index is -0.759. The lowest BCUT2D eigenvalue weighted by atomic mass is 10.00. The van der Waals surface area contributed by atoms with Crippen molar-refractivity contribution < 1.29 is 28.6 Å². The first-order valence-electron chi connectivity index (χ1n) is 23.3. The van der Waals surface area contributed by atoms with Crippen LogP contribution in [0.2, 0.25) is 0 Å². The van der Waals surface area contributed by atoms with Crippen LogP contribution < -0.4 is 0 Å². The molecule has 0 aromatic rings. The van der Waals surface area contributed by atoms with E-state index in [1.54, 1.807) is 0 Å². The van der Waals surface area contributed by atoms with E-state index in [0.717, 1.165) is 69.6 Å². The molecule has 0 saturated carbocycles. The normalized spacial score (nSPS) is 12.6. The minimum Gasteiger partial charge on any atom is -0.462 e. The van der Waals surface area contributed by atoms with Crippen molar-refractivity contribution in [2.45, 2.75) is 259 Å². The van der Waals surface area contributed by atoms with Crippen molar-refractivity contribution in [3.8, 4) is 0 Å². The van der Waals surface area contributed by atoms with Crippen molar-refractivity contribution in [2.24, 2.45) is 11.8 Å². The molecule has 0 radical (unpaired) electrons. The number of carbonyl (C=O) groups excluding carboxylic acids is 3. The van der Waals surface area contributed by atoms with Gasteiger partial charge in [-0.05, 0) is 31.1 Å². The molecule has 0 aliphatic carbocycles. The summed E-state index contributed by atoms with van der Waals surface area (Å²) >= 11 is 0. The summed E-state index contributed by atoms with van der Waals surface area (Å²) in [5.74, 6) is 0.798. The van der Waals surface area contributed by atoms with Crippen molar-refractivity contribution in [3.05, 3.63) is 0 Å². The Morgan fingerprint density at radius 3 is 1.08 bits per heavy atom. The molecule has 6 heteroatoms. The Labute approximate surface area is 329 Å². The Kier molecular flexibility index (Phi) is 38.9. The van der Waals surface area contributed by atoms with Crippen molar-refractivity contribution in [1.29, 1.82) is 0 Å². The molecule has 1 unspecified atom stereocenters. The molecule has 0 saturated heterocycles. The highest BCUT2D eigenvalue weighted by molar-refractivity contribution is 5.71. The summed E-state index contributed by atoms with van der Waals surface area (Å²) < 4.78 is 16.7. The van der Waals surface area contributed by atoms with Crippen LogP contribution in [0.5, 0.6) is 0 Å². The highest BCUT2D eigenvalue weighted by atomic mass is 16.6. The number of hydrogen-bond donors (Lipinski definition) is 0. The molecule has 0 aromatic heterocycles. The summed E-state index contributed by atoms with van der Waals surface area (Å²) in [6, 6.07) is 0. The first-order valence-corrected chi connectivity index (χ1v) is 23.3.